The number of esters is 4. The third-order valence-electron chi connectivity index (χ3n) is 5.43. The molecule has 0 aromatic heterocycles. The zero-order valence-electron chi connectivity index (χ0n) is 25.1. The van der Waals surface area contributed by atoms with Crippen molar-refractivity contribution in [1.82, 2.24) is 0 Å². The fourth-order valence-corrected chi connectivity index (χ4v) is 5.85. The van der Waals surface area contributed by atoms with Crippen LogP contribution in [0.5, 0.6) is 11.5 Å². The van der Waals surface area contributed by atoms with E-state index in [1.807, 2.05) is 6.07 Å². The molecule has 1 aromatic carbocycles. The first-order valence-corrected chi connectivity index (χ1v) is 15.1. The van der Waals surface area contributed by atoms with Crippen LogP contribution in [0.3, 0.4) is 0 Å². The molecule has 0 N–H and O–H groups in total. The second-order valence-electron chi connectivity index (χ2n) is 10.3. The molecule has 15 heteroatoms. The number of allylic oxidation sites excluding steroid dienone is 1. The van der Waals surface area contributed by atoms with Gasteiger partial charge < -0.3 is 28.4 Å². The molecule has 0 bridgehead atoms. The van der Waals surface area contributed by atoms with Crippen molar-refractivity contribution in [2.75, 3.05) is 39.6 Å². The first-order chi connectivity index (χ1) is 21.1. The third-order valence-corrected chi connectivity index (χ3v) is 8.24. The van der Waals surface area contributed by atoms with E-state index >= 15 is 0 Å². The summed E-state index contributed by atoms with van der Waals surface area (Å²) in [6.07, 6.45) is 2.02. The van der Waals surface area contributed by atoms with E-state index in [1.165, 1.54) is 6.92 Å². The number of halogens is 1. The number of thioether (sulfide) groups is 2. The number of ether oxygens (including phenoxy) is 6. The number of hydrogen-bond acceptors (Lipinski definition) is 13. The van der Waals surface area contributed by atoms with E-state index in [0.717, 1.165) is 35.7 Å². The lowest BCUT2D eigenvalue weighted by atomic mass is 9.96. The summed E-state index contributed by atoms with van der Waals surface area (Å²) in [4.78, 5) is 50.6. The first kappa shape index (κ1) is 37.1. The topological polar surface area (TPSA) is 152 Å². The van der Waals surface area contributed by atoms with Crippen LogP contribution in [0, 0.1) is 30.2 Å². The Labute approximate surface area is 274 Å². The highest BCUT2D eigenvalue weighted by atomic mass is 35.5. The van der Waals surface area contributed by atoms with E-state index < -0.39 is 47.4 Å². The number of alkyl halides is 1. The highest BCUT2D eigenvalue weighted by Gasteiger charge is 2.31. The monoisotopic (exact) mass is 678 g/mol. The standard InChI is InChI=1S/C30H31ClN2O10S2/c1-8-21(34)40-14-29(4,5)15-41-24(37)13-39-25-18(3)10-20(26-27(25)45-28(44-26)19(11-32)33-7)38-12-23(36)43-17-30(6,31)16-42-22(35)9-2/h8-10H,1-2,12-17H2,3-6H3/b28-19+. The fourth-order valence-electron chi connectivity index (χ4n) is 3.16. The largest absolute Gasteiger partial charge is 0.481 e. The van der Waals surface area contributed by atoms with Crippen LogP contribution in [-0.2, 0) is 38.1 Å². The van der Waals surface area contributed by atoms with Crippen LogP contribution < -0.4 is 9.47 Å². The molecule has 0 saturated carbocycles. The number of aryl methyl sites for hydroxylation is 1. The van der Waals surface area contributed by atoms with E-state index in [-0.39, 0.29) is 37.9 Å². The molecule has 0 radical (unpaired) electrons. The van der Waals surface area contributed by atoms with Crippen LogP contribution in [0.25, 0.3) is 4.85 Å². The van der Waals surface area contributed by atoms with Crippen molar-refractivity contribution in [2.24, 2.45) is 5.41 Å². The van der Waals surface area contributed by atoms with E-state index in [0.29, 0.717) is 25.3 Å². The molecule has 0 saturated heterocycles. The van der Waals surface area contributed by atoms with Crippen LogP contribution in [-0.4, -0.2) is 68.4 Å². The van der Waals surface area contributed by atoms with Gasteiger partial charge in [0.2, 0.25) is 0 Å². The van der Waals surface area contributed by atoms with Crippen molar-refractivity contribution in [3.05, 3.63) is 58.3 Å². The SMILES string of the molecule is [C-]#[N+]/C(C#N)=C1\Sc2c(OCC(=O)OCC(C)(Cl)COC(=O)C=C)cc(C)c(OCC(=O)OCC(C)(C)COC(=O)C=C)c2S1. The van der Waals surface area contributed by atoms with Crippen molar-refractivity contribution in [1.29, 1.82) is 5.26 Å². The molecule has 12 nitrogen and oxygen atoms in total. The highest BCUT2D eigenvalue weighted by molar-refractivity contribution is 8.24. The number of rotatable bonds is 16. The average molecular weight is 679 g/mol. The Balaban J connectivity index is 2.14. The Morgan fingerprint density at radius 1 is 0.933 bits per heavy atom. The Morgan fingerprint density at radius 3 is 2.02 bits per heavy atom. The molecule has 0 amide bonds. The first-order valence-electron chi connectivity index (χ1n) is 13.0. The summed E-state index contributed by atoms with van der Waals surface area (Å²) in [5.41, 5.74) is -0.270. The maximum atomic E-state index is 12.5. The predicted octanol–water partition coefficient (Wildman–Crippen LogP) is 5.13. The van der Waals surface area contributed by atoms with Gasteiger partial charge in [0.1, 0.15) is 29.6 Å². The van der Waals surface area contributed by atoms with Gasteiger partial charge in [-0.25, -0.2) is 29.3 Å². The molecule has 1 aliphatic rings. The van der Waals surface area contributed by atoms with Crippen molar-refractivity contribution in [2.45, 2.75) is 42.4 Å². The van der Waals surface area contributed by atoms with Crippen LogP contribution >= 0.6 is 35.1 Å². The summed E-state index contributed by atoms with van der Waals surface area (Å²) in [5.74, 6) is -2.12. The molecule has 1 aromatic rings. The number of carbonyl (C=O) groups is 4. The molecule has 2 rings (SSSR count). The lowest BCUT2D eigenvalue weighted by molar-refractivity contribution is -0.152. The molecule has 240 valence electrons. The molecule has 0 spiro atoms. The lowest BCUT2D eigenvalue weighted by Crippen LogP contribution is -2.33. The molecule has 0 aliphatic carbocycles. The average Bonchev–Trinajstić information content (AvgIpc) is 3.44. The van der Waals surface area contributed by atoms with E-state index in [4.69, 9.17) is 46.6 Å². The second kappa shape index (κ2) is 16.8. The van der Waals surface area contributed by atoms with Gasteiger partial charge in [0.25, 0.3) is 5.70 Å². The number of fused-ring (bicyclic) bond motifs is 1. The summed E-state index contributed by atoms with van der Waals surface area (Å²) in [5, 5.41) is 9.42. The van der Waals surface area contributed by atoms with Crippen molar-refractivity contribution in [3.8, 4) is 17.6 Å². The van der Waals surface area contributed by atoms with Crippen molar-refractivity contribution >= 4 is 59.0 Å². The minimum atomic E-state index is -1.18. The molecular formula is C30H31ClN2O10S2. The van der Waals surface area contributed by atoms with Crippen LogP contribution in [0.4, 0.5) is 0 Å². The fraction of sp³-hybridized carbons (Fsp3) is 0.400. The predicted molar refractivity (Wildman–Crippen MR) is 165 cm³/mol. The van der Waals surface area contributed by atoms with Gasteiger partial charge in [-0.15, -0.1) is 11.6 Å². The van der Waals surface area contributed by atoms with Gasteiger partial charge in [0, 0.05) is 17.6 Å². The number of nitrogens with zero attached hydrogens (tertiary/aromatic N) is 2. The van der Waals surface area contributed by atoms with E-state index in [2.05, 4.69) is 18.0 Å². The second-order valence-corrected chi connectivity index (χ2v) is 13.6. The summed E-state index contributed by atoms with van der Waals surface area (Å²) in [7, 11) is 0. The van der Waals surface area contributed by atoms with Gasteiger partial charge >= 0.3 is 23.9 Å². The zero-order valence-corrected chi connectivity index (χ0v) is 27.4. The maximum absolute atomic E-state index is 12.5. The highest BCUT2D eigenvalue weighted by Crippen LogP contribution is 2.59. The normalized spacial score (nSPS) is 14.3. The molecule has 1 aliphatic heterocycles. The summed E-state index contributed by atoms with van der Waals surface area (Å²) >= 11 is 8.44. The molecule has 1 atom stereocenters. The molecule has 0 fully saturated rings. The van der Waals surface area contributed by atoms with Crippen molar-refractivity contribution < 1.29 is 47.6 Å². The van der Waals surface area contributed by atoms with Crippen molar-refractivity contribution in [3.63, 3.8) is 0 Å². The smallest absolute Gasteiger partial charge is 0.344 e. The van der Waals surface area contributed by atoms with Gasteiger partial charge in [-0.3, -0.25) is 0 Å². The Kier molecular flexibility index (Phi) is 13.9. The number of nitriles is 1. The minimum Gasteiger partial charge on any atom is -0.481 e. The van der Waals surface area contributed by atoms with Crippen LogP contribution in [0.2, 0.25) is 0 Å². The molecular weight excluding hydrogens is 648 g/mol. The molecule has 45 heavy (non-hydrogen) atoms. The summed E-state index contributed by atoms with van der Waals surface area (Å²) in [6, 6.07) is 3.44. The number of hydrogen-bond donors (Lipinski definition) is 0. The summed E-state index contributed by atoms with van der Waals surface area (Å²) < 4.78 is 32.4. The van der Waals surface area contributed by atoms with Gasteiger partial charge in [0.15, 0.2) is 13.2 Å². The zero-order chi connectivity index (χ0) is 33.8. The van der Waals surface area contributed by atoms with Gasteiger partial charge in [0.05, 0.1) is 39.9 Å². The van der Waals surface area contributed by atoms with Crippen LogP contribution in [0.15, 0.2) is 51.1 Å². The number of carbonyl (C=O) groups excluding carboxylic acids is 4. The van der Waals surface area contributed by atoms with Gasteiger partial charge in [-0.2, -0.15) is 0 Å². The Morgan fingerprint density at radius 2 is 1.44 bits per heavy atom. The Bertz CT molecular complexity index is 1460. The number of benzene rings is 1. The third kappa shape index (κ3) is 11.7. The minimum absolute atomic E-state index is 0.00914. The molecule has 1 heterocycles. The quantitative estimate of drug-likeness (QED) is 0.0568. The van der Waals surface area contributed by atoms with Gasteiger partial charge in [-0.1, -0.05) is 50.5 Å². The van der Waals surface area contributed by atoms with Gasteiger partial charge in [-0.05, 0) is 25.5 Å². The van der Waals surface area contributed by atoms with E-state index in [9.17, 15) is 24.4 Å². The van der Waals surface area contributed by atoms with Crippen LogP contribution in [0.1, 0.15) is 26.3 Å². The summed E-state index contributed by atoms with van der Waals surface area (Å²) in [6.45, 7) is 19.2. The Hall–Kier alpha value is -4.11. The molecule has 1 unspecified atom stereocenters. The lowest BCUT2D eigenvalue weighted by Gasteiger charge is -2.23. The van der Waals surface area contributed by atoms with E-state index in [1.54, 1.807) is 26.8 Å². The maximum Gasteiger partial charge on any atom is 0.344 e.